The highest BCUT2D eigenvalue weighted by Gasteiger charge is 2.25. The van der Waals surface area contributed by atoms with E-state index in [0.717, 1.165) is 26.9 Å². The van der Waals surface area contributed by atoms with Crippen LogP contribution in [-0.2, 0) is 16.4 Å². The van der Waals surface area contributed by atoms with E-state index >= 15 is 0 Å². The minimum absolute atomic E-state index is 0.275. The van der Waals surface area contributed by atoms with E-state index in [1.807, 2.05) is 38.1 Å². The van der Waals surface area contributed by atoms with Gasteiger partial charge in [-0.1, -0.05) is 22.0 Å². The van der Waals surface area contributed by atoms with E-state index in [2.05, 4.69) is 20.7 Å². The molecule has 1 N–H and O–H groups in total. The van der Waals surface area contributed by atoms with Crippen LogP contribution in [0.25, 0.3) is 0 Å². The number of benzene rings is 2. The second kappa shape index (κ2) is 6.26. The van der Waals surface area contributed by atoms with Gasteiger partial charge in [-0.2, -0.15) is 0 Å². The van der Waals surface area contributed by atoms with Gasteiger partial charge in [-0.3, -0.25) is 0 Å². The molecule has 1 atom stereocenters. The number of aryl methyl sites for hydroxylation is 2. The number of fused-ring (bicyclic) bond motifs is 1. The van der Waals surface area contributed by atoms with Crippen molar-refractivity contribution in [3.63, 3.8) is 0 Å². The molecule has 0 aliphatic carbocycles. The number of hydrogen-bond donors (Lipinski definition) is 1. The van der Waals surface area contributed by atoms with Crippen LogP contribution in [0.5, 0.6) is 5.75 Å². The smallest absolute Gasteiger partial charge is 0.240 e. The Kier molecular flexibility index (Phi) is 4.49. The number of sulfonamides is 1. The summed E-state index contributed by atoms with van der Waals surface area (Å²) in [5.41, 5.74) is 3.03. The Hall–Kier alpha value is -1.37. The van der Waals surface area contributed by atoms with Gasteiger partial charge in [0.2, 0.25) is 10.0 Å². The molecule has 1 aliphatic rings. The monoisotopic (exact) mass is 395 g/mol. The van der Waals surface area contributed by atoms with Gasteiger partial charge in [0, 0.05) is 4.47 Å². The fourth-order valence-electron chi connectivity index (χ4n) is 2.61. The maximum absolute atomic E-state index is 12.6. The second-order valence-corrected chi connectivity index (χ2v) is 8.46. The third-order valence-electron chi connectivity index (χ3n) is 4.04. The Morgan fingerprint density at radius 2 is 1.91 bits per heavy atom. The van der Waals surface area contributed by atoms with Crippen LogP contribution < -0.4 is 9.46 Å². The summed E-state index contributed by atoms with van der Waals surface area (Å²) in [7, 11) is -3.55. The van der Waals surface area contributed by atoms with Crippen LogP contribution in [0.15, 0.2) is 45.8 Å². The van der Waals surface area contributed by atoms with E-state index in [1.54, 1.807) is 12.1 Å². The lowest BCUT2D eigenvalue weighted by Crippen LogP contribution is -2.42. The van der Waals surface area contributed by atoms with Gasteiger partial charge in [-0.25, -0.2) is 13.1 Å². The van der Waals surface area contributed by atoms with Gasteiger partial charge in [-0.05, 0) is 67.3 Å². The van der Waals surface area contributed by atoms with Crippen molar-refractivity contribution in [1.82, 2.24) is 4.72 Å². The van der Waals surface area contributed by atoms with Crippen LogP contribution in [0.3, 0.4) is 0 Å². The Balaban J connectivity index is 1.80. The summed E-state index contributed by atoms with van der Waals surface area (Å²) in [4.78, 5) is 0.292. The molecular weight excluding hydrogens is 378 g/mol. The lowest BCUT2D eigenvalue weighted by molar-refractivity contribution is 0.254. The fourth-order valence-corrected chi connectivity index (χ4v) is 4.32. The molecule has 6 heteroatoms. The predicted octanol–water partition coefficient (Wildman–Crippen LogP) is 3.35. The average Bonchev–Trinajstić information content (AvgIpc) is 2.49. The largest absolute Gasteiger partial charge is 0.492 e. The number of rotatable bonds is 3. The first-order valence-corrected chi connectivity index (χ1v) is 9.63. The lowest BCUT2D eigenvalue weighted by Gasteiger charge is -2.26. The molecule has 0 saturated heterocycles. The van der Waals surface area contributed by atoms with E-state index in [9.17, 15) is 8.42 Å². The highest BCUT2D eigenvalue weighted by atomic mass is 79.9. The summed E-state index contributed by atoms with van der Waals surface area (Å²) in [6, 6.07) is 10.7. The standard InChI is InChI=1S/C17H18BrNO3S/c1-11-3-5-16(7-12(11)2)23(20,21)19-15-9-13-8-14(18)4-6-17(13)22-10-15/h3-8,15,19H,9-10H2,1-2H3. The molecule has 0 amide bonds. The average molecular weight is 396 g/mol. The third kappa shape index (κ3) is 3.59. The molecule has 0 radical (unpaired) electrons. The molecule has 4 nitrogen and oxygen atoms in total. The number of ether oxygens (including phenoxy) is 1. The predicted molar refractivity (Wildman–Crippen MR) is 93.4 cm³/mol. The van der Waals surface area contributed by atoms with Gasteiger partial charge < -0.3 is 4.74 Å². The van der Waals surface area contributed by atoms with Crippen molar-refractivity contribution in [3.05, 3.63) is 57.6 Å². The van der Waals surface area contributed by atoms with E-state index < -0.39 is 10.0 Å². The van der Waals surface area contributed by atoms with E-state index in [0.29, 0.717) is 17.9 Å². The van der Waals surface area contributed by atoms with Gasteiger partial charge in [0.05, 0.1) is 10.9 Å². The van der Waals surface area contributed by atoms with Gasteiger partial charge >= 0.3 is 0 Å². The number of nitrogens with one attached hydrogen (secondary N) is 1. The molecule has 0 saturated carbocycles. The van der Waals surface area contributed by atoms with Gasteiger partial charge in [0.15, 0.2) is 0 Å². The molecule has 122 valence electrons. The highest BCUT2D eigenvalue weighted by Crippen LogP contribution is 2.28. The summed E-state index contributed by atoms with van der Waals surface area (Å²) in [5, 5.41) is 0. The first kappa shape index (κ1) is 16.5. The minimum atomic E-state index is -3.55. The molecule has 1 unspecified atom stereocenters. The van der Waals surface area contributed by atoms with Crippen molar-refractivity contribution in [1.29, 1.82) is 0 Å². The molecule has 1 aliphatic heterocycles. The molecule has 1 heterocycles. The topological polar surface area (TPSA) is 55.4 Å². The van der Waals surface area contributed by atoms with Crippen molar-refractivity contribution in [3.8, 4) is 5.75 Å². The van der Waals surface area contributed by atoms with Crippen molar-refractivity contribution >= 4 is 26.0 Å². The molecule has 3 rings (SSSR count). The van der Waals surface area contributed by atoms with Crippen molar-refractivity contribution in [2.75, 3.05) is 6.61 Å². The van der Waals surface area contributed by atoms with Crippen LogP contribution in [0.2, 0.25) is 0 Å². The van der Waals surface area contributed by atoms with E-state index in [1.165, 1.54) is 0 Å². The fraction of sp³-hybridized carbons (Fsp3) is 0.294. The molecule has 2 aromatic carbocycles. The van der Waals surface area contributed by atoms with Gasteiger partial charge in [-0.15, -0.1) is 0 Å². The molecule has 0 aromatic heterocycles. The summed E-state index contributed by atoms with van der Waals surface area (Å²) in [6.45, 7) is 4.20. The Morgan fingerprint density at radius 1 is 1.13 bits per heavy atom. The zero-order chi connectivity index (χ0) is 16.6. The first-order chi connectivity index (χ1) is 10.8. The van der Waals surface area contributed by atoms with Gasteiger partial charge in [0.1, 0.15) is 12.4 Å². The zero-order valence-corrected chi connectivity index (χ0v) is 15.4. The van der Waals surface area contributed by atoms with Crippen molar-refractivity contribution in [2.45, 2.75) is 31.2 Å². The second-order valence-electron chi connectivity index (χ2n) is 5.83. The van der Waals surface area contributed by atoms with E-state index in [4.69, 9.17) is 4.74 Å². The quantitative estimate of drug-likeness (QED) is 0.866. The highest BCUT2D eigenvalue weighted by molar-refractivity contribution is 9.10. The van der Waals surface area contributed by atoms with Crippen LogP contribution in [-0.4, -0.2) is 21.1 Å². The lowest BCUT2D eigenvalue weighted by atomic mass is 10.0. The van der Waals surface area contributed by atoms with Gasteiger partial charge in [0.25, 0.3) is 0 Å². The maximum Gasteiger partial charge on any atom is 0.240 e. The third-order valence-corrected chi connectivity index (χ3v) is 6.05. The Morgan fingerprint density at radius 3 is 2.65 bits per heavy atom. The summed E-state index contributed by atoms with van der Waals surface area (Å²) in [6.07, 6.45) is 0.610. The number of halogens is 1. The van der Waals surface area contributed by atoms with Crippen LogP contribution in [0, 0.1) is 13.8 Å². The maximum atomic E-state index is 12.6. The molecule has 0 bridgehead atoms. The Labute approximate surface area is 145 Å². The minimum Gasteiger partial charge on any atom is -0.492 e. The zero-order valence-electron chi connectivity index (χ0n) is 13.0. The molecule has 0 spiro atoms. The Bertz CT molecular complexity index is 849. The summed E-state index contributed by atoms with van der Waals surface area (Å²) < 4.78 is 34.5. The molecule has 23 heavy (non-hydrogen) atoms. The normalized spacial score (nSPS) is 17.4. The van der Waals surface area contributed by atoms with Crippen molar-refractivity contribution < 1.29 is 13.2 Å². The first-order valence-electron chi connectivity index (χ1n) is 7.36. The molecule has 0 fully saturated rings. The summed E-state index contributed by atoms with van der Waals surface area (Å²) in [5.74, 6) is 0.815. The molecular formula is C17H18BrNO3S. The summed E-state index contributed by atoms with van der Waals surface area (Å²) >= 11 is 3.43. The SMILES string of the molecule is Cc1ccc(S(=O)(=O)NC2COc3ccc(Br)cc3C2)cc1C. The van der Waals surface area contributed by atoms with Crippen molar-refractivity contribution in [2.24, 2.45) is 0 Å². The van der Waals surface area contributed by atoms with E-state index in [-0.39, 0.29) is 6.04 Å². The van der Waals surface area contributed by atoms with Crippen LogP contribution >= 0.6 is 15.9 Å². The van der Waals surface area contributed by atoms with Crippen LogP contribution in [0.4, 0.5) is 0 Å². The number of hydrogen-bond acceptors (Lipinski definition) is 3. The molecule has 2 aromatic rings. The van der Waals surface area contributed by atoms with Crippen LogP contribution in [0.1, 0.15) is 16.7 Å².